The van der Waals surface area contributed by atoms with Gasteiger partial charge in [0.2, 0.25) is 13.4 Å². The molecule has 0 spiro atoms. The summed E-state index contributed by atoms with van der Waals surface area (Å²) in [5.74, 6) is 0.706. The molecule has 4 rings (SSSR count). The van der Waals surface area contributed by atoms with Gasteiger partial charge in [0.15, 0.2) is 11.5 Å². The van der Waals surface area contributed by atoms with Gasteiger partial charge in [0, 0.05) is 22.6 Å². The van der Waals surface area contributed by atoms with Gasteiger partial charge in [-0.3, -0.25) is 0 Å². The van der Waals surface area contributed by atoms with Crippen LogP contribution in [0.1, 0.15) is 29.2 Å². The van der Waals surface area contributed by atoms with Crippen LogP contribution in [0.2, 0.25) is 0 Å². The van der Waals surface area contributed by atoms with E-state index < -0.39 is 11.6 Å². The summed E-state index contributed by atoms with van der Waals surface area (Å²) in [6, 6.07) is 10.4. The van der Waals surface area contributed by atoms with E-state index >= 15 is 0 Å². The van der Waals surface area contributed by atoms with E-state index in [0.29, 0.717) is 28.4 Å². The van der Waals surface area contributed by atoms with Crippen molar-refractivity contribution in [1.82, 2.24) is 0 Å². The van der Waals surface area contributed by atoms with Crippen LogP contribution in [0.15, 0.2) is 50.8 Å². The van der Waals surface area contributed by atoms with Gasteiger partial charge in [0.05, 0.1) is 5.71 Å². The van der Waals surface area contributed by atoms with Crippen molar-refractivity contribution in [1.29, 1.82) is 0 Å². The first-order valence-electron chi connectivity index (χ1n) is 9.67. The summed E-state index contributed by atoms with van der Waals surface area (Å²) in [6.07, 6.45) is 0. The average Bonchev–Trinajstić information content (AvgIpc) is 3.21. The molecule has 0 bridgehead atoms. The number of esters is 1. The Labute approximate surface area is 178 Å². The molecule has 1 aromatic heterocycles. The predicted molar refractivity (Wildman–Crippen MR) is 112 cm³/mol. The lowest BCUT2D eigenvalue weighted by Gasteiger charge is -2.09. The molecular formula is C23H21NO7. The highest BCUT2D eigenvalue weighted by atomic mass is 16.7. The number of hydrogen-bond acceptors (Lipinski definition) is 8. The SMILES string of the molecule is C/C(=N/OCC(=O)OCc1cc(=O)oc2cc(C)c(C)cc12)c1ccc2c(c1)OCO2. The number of aryl methyl sites for hydroxylation is 2. The lowest BCUT2D eigenvalue weighted by atomic mass is 10.0. The van der Waals surface area contributed by atoms with E-state index in [1.165, 1.54) is 6.07 Å². The van der Waals surface area contributed by atoms with E-state index in [1.807, 2.05) is 26.0 Å². The first kappa shape index (κ1) is 20.5. The Kier molecular flexibility index (Phi) is 5.62. The fourth-order valence-electron chi connectivity index (χ4n) is 3.16. The van der Waals surface area contributed by atoms with Crippen LogP contribution in [0.5, 0.6) is 11.5 Å². The lowest BCUT2D eigenvalue weighted by molar-refractivity contribution is -0.150. The number of benzene rings is 2. The first-order valence-corrected chi connectivity index (χ1v) is 9.67. The summed E-state index contributed by atoms with van der Waals surface area (Å²) in [6.45, 7) is 5.41. The molecule has 2 heterocycles. The molecule has 0 radical (unpaired) electrons. The average molecular weight is 423 g/mol. The summed E-state index contributed by atoms with van der Waals surface area (Å²) >= 11 is 0. The molecule has 1 aliphatic rings. The van der Waals surface area contributed by atoms with Gasteiger partial charge >= 0.3 is 11.6 Å². The van der Waals surface area contributed by atoms with Crippen molar-refractivity contribution in [3.05, 3.63) is 69.1 Å². The van der Waals surface area contributed by atoms with Gasteiger partial charge in [-0.1, -0.05) is 5.16 Å². The molecule has 0 N–H and O–H groups in total. The molecule has 160 valence electrons. The molecule has 0 unspecified atom stereocenters. The molecule has 31 heavy (non-hydrogen) atoms. The van der Waals surface area contributed by atoms with Crippen molar-refractivity contribution in [3.63, 3.8) is 0 Å². The molecule has 0 saturated carbocycles. The first-order chi connectivity index (χ1) is 14.9. The minimum absolute atomic E-state index is 0.0718. The van der Waals surface area contributed by atoms with E-state index in [-0.39, 0.29) is 20.0 Å². The Bertz CT molecular complexity index is 1240. The molecule has 8 nitrogen and oxygen atoms in total. The minimum Gasteiger partial charge on any atom is -0.458 e. The predicted octanol–water partition coefficient (Wildman–Crippen LogP) is 3.62. The van der Waals surface area contributed by atoms with Crippen LogP contribution in [0.3, 0.4) is 0 Å². The van der Waals surface area contributed by atoms with Crippen LogP contribution in [-0.4, -0.2) is 25.1 Å². The van der Waals surface area contributed by atoms with Crippen LogP contribution in [0.4, 0.5) is 0 Å². The molecule has 0 aliphatic carbocycles. The Balaban J connectivity index is 1.37. The standard InChI is InChI=1S/C23H21NO7/c1-13-6-18-17(9-22(25)31-20(18)7-14(13)2)10-27-23(26)11-30-24-15(3)16-4-5-19-21(8-16)29-12-28-19/h4-9H,10-12H2,1-3H3/b24-15-. The zero-order valence-corrected chi connectivity index (χ0v) is 17.4. The van der Waals surface area contributed by atoms with Gasteiger partial charge in [-0.05, 0) is 62.2 Å². The fourth-order valence-corrected chi connectivity index (χ4v) is 3.16. The zero-order chi connectivity index (χ0) is 22.0. The normalized spacial score (nSPS) is 12.8. The molecule has 2 aromatic carbocycles. The van der Waals surface area contributed by atoms with E-state index in [9.17, 15) is 9.59 Å². The highest BCUT2D eigenvalue weighted by molar-refractivity contribution is 5.99. The summed E-state index contributed by atoms with van der Waals surface area (Å²) in [5.41, 5.74) is 3.94. The van der Waals surface area contributed by atoms with Crippen LogP contribution >= 0.6 is 0 Å². The summed E-state index contributed by atoms with van der Waals surface area (Å²) < 4.78 is 21.1. The van der Waals surface area contributed by atoms with Gasteiger partial charge in [-0.25, -0.2) is 9.59 Å². The van der Waals surface area contributed by atoms with E-state index in [2.05, 4.69) is 5.16 Å². The van der Waals surface area contributed by atoms with Crippen LogP contribution < -0.4 is 15.1 Å². The third-order valence-corrected chi connectivity index (χ3v) is 5.01. The maximum absolute atomic E-state index is 12.1. The van der Waals surface area contributed by atoms with Gasteiger partial charge in [-0.2, -0.15) is 0 Å². The minimum atomic E-state index is -0.604. The third kappa shape index (κ3) is 4.53. The van der Waals surface area contributed by atoms with Gasteiger partial charge in [0.25, 0.3) is 0 Å². The monoisotopic (exact) mass is 423 g/mol. The number of carbonyl (C=O) groups is 1. The number of hydrogen-bond donors (Lipinski definition) is 0. The Morgan fingerprint density at radius 2 is 1.84 bits per heavy atom. The molecule has 8 heteroatoms. The van der Waals surface area contributed by atoms with Gasteiger partial charge in [0.1, 0.15) is 12.2 Å². The van der Waals surface area contributed by atoms with Gasteiger partial charge in [-0.15, -0.1) is 0 Å². The number of oxime groups is 1. The van der Waals surface area contributed by atoms with E-state index in [4.69, 9.17) is 23.5 Å². The van der Waals surface area contributed by atoms with Crippen molar-refractivity contribution in [2.45, 2.75) is 27.4 Å². The van der Waals surface area contributed by atoms with Crippen molar-refractivity contribution >= 4 is 22.7 Å². The molecule has 0 fully saturated rings. The number of nitrogens with zero attached hydrogens (tertiary/aromatic N) is 1. The zero-order valence-electron chi connectivity index (χ0n) is 17.4. The number of carbonyl (C=O) groups excluding carboxylic acids is 1. The molecule has 0 saturated heterocycles. The second kappa shape index (κ2) is 8.51. The smallest absolute Gasteiger partial charge is 0.347 e. The van der Waals surface area contributed by atoms with Gasteiger partial charge < -0.3 is 23.5 Å². The van der Waals surface area contributed by atoms with Crippen molar-refractivity contribution in [2.24, 2.45) is 5.16 Å². The largest absolute Gasteiger partial charge is 0.458 e. The highest BCUT2D eigenvalue weighted by Crippen LogP contribution is 2.32. The number of fused-ring (bicyclic) bond motifs is 2. The number of ether oxygens (including phenoxy) is 3. The summed E-state index contributed by atoms with van der Waals surface area (Å²) in [5, 5.41) is 4.68. The van der Waals surface area contributed by atoms with E-state index in [1.54, 1.807) is 25.1 Å². The van der Waals surface area contributed by atoms with Crippen LogP contribution in [0, 0.1) is 13.8 Å². The molecular weight excluding hydrogens is 402 g/mol. The Morgan fingerprint density at radius 3 is 2.68 bits per heavy atom. The van der Waals surface area contributed by atoms with E-state index in [0.717, 1.165) is 22.1 Å². The summed E-state index contributed by atoms with van der Waals surface area (Å²) in [7, 11) is 0. The van der Waals surface area contributed by atoms with Crippen LogP contribution in [0.25, 0.3) is 11.0 Å². The highest BCUT2D eigenvalue weighted by Gasteiger charge is 2.15. The lowest BCUT2D eigenvalue weighted by Crippen LogP contribution is -2.12. The van der Waals surface area contributed by atoms with Crippen molar-refractivity contribution in [3.8, 4) is 11.5 Å². The molecule has 1 aliphatic heterocycles. The van der Waals surface area contributed by atoms with Crippen LogP contribution in [-0.2, 0) is 21.0 Å². The molecule has 0 atom stereocenters. The maximum atomic E-state index is 12.1. The molecule has 3 aromatic rings. The van der Waals surface area contributed by atoms with Crippen molar-refractivity contribution in [2.75, 3.05) is 13.4 Å². The molecule has 0 amide bonds. The second-order valence-corrected chi connectivity index (χ2v) is 7.20. The Morgan fingerprint density at radius 1 is 1.06 bits per heavy atom. The quantitative estimate of drug-likeness (QED) is 0.259. The fraction of sp³-hybridized carbons (Fsp3) is 0.261. The topological polar surface area (TPSA) is 96.6 Å². The van der Waals surface area contributed by atoms with Crippen molar-refractivity contribution < 1.29 is 28.3 Å². The number of rotatable bonds is 6. The maximum Gasteiger partial charge on any atom is 0.347 e. The second-order valence-electron chi connectivity index (χ2n) is 7.20. The summed E-state index contributed by atoms with van der Waals surface area (Å²) in [4.78, 5) is 29.0. The Hall–Kier alpha value is -3.81. The third-order valence-electron chi connectivity index (χ3n) is 5.01.